The molecule has 3 atom stereocenters. The lowest BCUT2D eigenvalue weighted by Crippen LogP contribution is -2.37. The van der Waals surface area contributed by atoms with Crippen LogP contribution in [0.25, 0.3) is 32.9 Å². The summed E-state index contributed by atoms with van der Waals surface area (Å²) in [6, 6.07) is 11.6. The Morgan fingerprint density at radius 1 is 1.11 bits per heavy atom. The van der Waals surface area contributed by atoms with Crippen molar-refractivity contribution in [3.63, 3.8) is 0 Å². The molecule has 5 nitrogen and oxygen atoms in total. The molecule has 0 amide bonds. The highest BCUT2D eigenvalue weighted by molar-refractivity contribution is 6.36. The molecule has 3 unspecified atom stereocenters. The van der Waals surface area contributed by atoms with Gasteiger partial charge >= 0.3 is 6.01 Å². The van der Waals surface area contributed by atoms with E-state index >= 15 is 4.39 Å². The highest BCUT2D eigenvalue weighted by Gasteiger charge is 2.34. The van der Waals surface area contributed by atoms with Crippen LogP contribution in [0, 0.1) is 23.6 Å². The first-order valence-electron chi connectivity index (χ1n) is 12.9. The number of benzene rings is 2. The van der Waals surface area contributed by atoms with Gasteiger partial charge in [0.05, 0.1) is 12.0 Å². The summed E-state index contributed by atoms with van der Waals surface area (Å²) in [5, 5.41) is 2.91. The van der Waals surface area contributed by atoms with Crippen LogP contribution in [0.2, 0.25) is 5.02 Å². The van der Waals surface area contributed by atoms with Crippen LogP contribution in [0.3, 0.4) is 0 Å². The first kappa shape index (κ1) is 23.4. The lowest BCUT2D eigenvalue weighted by atomic mass is 9.98. The molecule has 0 N–H and O–H groups in total. The van der Waals surface area contributed by atoms with Crippen LogP contribution in [0.1, 0.15) is 39.5 Å². The zero-order valence-electron chi connectivity index (χ0n) is 20.7. The third-order valence-corrected chi connectivity index (χ3v) is 8.17. The van der Waals surface area contributed by atoms with Crippen LogP contribution in [-0.4, -0.2) is 34.6 Å². The fourth-order valence-electron chi connectivity index (χ4n) is 5.72. The van der Waals surface area contributed by atoms with Gasteiger partial charge in [0.25, 0.3) is 0 Å². The molecule has 1 saturated heterocycles. The van der Waals surface area contributed by atoms with Crippen molar-refractivity contribution in [2.45, 2.75) is 39.5 Å². The Labute approximate surface area is 215 Å². The molecule has 2 aliphatic rings. The number of halogens is 2. The van der Waals surface area contributed by atoms with E-state index in [1.54, 1.807) is 6.20 Å². The standard InChI is InChI=1S/C29H30ClFN4O/c1-3-17(2)16-36-29-33-27-22(28(34-29)35-14-18-10-11-19(12-18)15-35)13-32-26(25(27)31)21-8-4-6-20-7-5-9-23(30)24(20)21/h4-9,13,17-19H,3,10-12,14-16H2,1-2H3. The fraction of sp³-hybridized carbons (Fsp3) is 0.414. The monoisotopic (exact) mass is 504 g/mol. The van der Waals surface area contributed by atoms with Crippen molar-refractivity contribution in [3.8, 4) is 17.3 Å². The molecule has 2 aromatic heterocycles. The Balaban J connectivity index is 1.51. The predicted octanol–water partition coefficient (Wildman–Crippen LogP) is 7.30. The molecule has 186 valence electrons. The number of pyridine rings is 1. The van der Waals surface area contributed by atoms with Gasteiger partial charge in [0.15, 0.2) is 5.82 Å². The molecule has 2 fully saturated rings. The van der Waals surface area contributed by atoms with Crippen LogP contribution in [0.4, 0.5) is 10.2 Å². The third-order valence-electron chi connectivity index (χ3n) is 7.85. The predicted molar refractivity (Wildman–Crippen MR) is 143 cm³/mol. The Morgan fingerprint density at radius 2 is 1.86 bits per heavy atom. The number of fused-ring (bicyclic) bond motifs is 4. The molecule has 36 heavy (non-hydrogen) atoms. The average molecular weight is 505 g/mol. The maximum absolute atomic E-state index is 16.3. The van der Waals surface area contributed by atoms with Gasteiger partial charge in [0, 0.05) is 35.3 Å². The lowest BCUT2D eigenvalue weighted by molar-refractivity contribution is 0.239. The van der Waals surface area contributed by atoms with Gasteiger partial charge in [-0.15, -0.1) is 0 Å². The third kappa shape index (κ3) is 4.15. The molecule has 2 aromatic carbocycles. The Hall–Kier alpha value is -2.99. The van der Waals surface area contributed by atoms with Crippen LogP contribution >= 0.6 is 11.6 Å². The number of hydrogen-bond acceptors (Lipinski definition) is 5. The van der Waals surface area contributed by atoms with Gasteiger partial charge in [-0.05, 0) is 48.5 Å². The summed E-state index contributed by atoms with van der Waals surface area (Å²) in [5.74, 6) is 1.93. The second-order valence-corrected chi connectivity index (χ2v) is 10.8. The zero-order chi connectivity index (χ0) is 24.8. The molecule has 4 aromatic rings. The summed E-state index contributed by atoms with van der Waals surface area (Å²) < 4.78 is 22.3. The minimum atomic E-state index is -0.475. The molecule has 3 heterocycles. The van der Waals surface area contributed by atoms with Crippen molar-refractivity contribution in [3.05, 3.63) is 53.4 Å². The average Bonchev–Trinajstić information content (AvgIpc) is 3.24. The van der Waals surface area contributed by atoms with Crippen LogP contribution < -0.4 is 9.64 Å². The van der Waals surface area contributed by atoms with Crippen molar-refractivity contribution in [2.75, 3.05) is 24.6 Å². The molecule has 0 radical (unpaired) electrons. The Kier molecular flexibility index (Phi) is 6.16. The number of aromatic nitrogens is 3. The van der Waals surface area contributed by atoms with E-state index in [1.807, 2.05) is 36.4 Å². The van der Waals surface area contributed by atoms with E-state index in [0.29, 0.717) is 40.3 Å². The minimum Gasteiger partial charge on any atom is -0.463 e. The van der Waals surface area contributed by atoms with Crippen LogP contribution in [-0.2, 0) is 0 Å². The normalized spacial score (nSPS) is 20.3. The van der Waals surface area contributed by atoms with Crippen molar-refractivity contribution in [1.29, 1.82) is 0 Å². The molecule has 6 rings (SSSR count). The number of rotatable bonds is 6. The summed E-state index contributed by atoms with van der Waals surface area (Å²) in [7, 11) is 0. The number of hydrogen-bond donors (Lipinski definition) is 0. The summed E-state index contributed by atoms with van der Waals surface area (Å²) >= 11 is 6.55. The highest BCUT2D eigenvalue weighted by atomic mass is 35.5. The molecular weight excluding hydrogens is 475 g/mol. The molecule has 2 bridgehead atoms. The highest BCUT2D eigenvalue weighted by Crippen LogP contribution is 2.41. The fourth-order valence-corrected chi connectivity index (χ4v) is 6.01. The largest absolute Gasteiger partial charge is 0.463 e. The first-order chi connectivity index (χ1) is 17.5. The minimum absolute atomic E-state index is 0.225. The summed E-state index contributed by atoms with van der Waals surface area (Å²) in [6.07, 6.45) is 6.48. The molecule has 1 aliphatic carbocycles. The number of nitrogens with zero attached hydrogens (tertiary/aromatic N) is 4. The smallest absolute Gasteiger partial charge is 0.319 e. The lowest BCUT2D eigenvalue weighted by Gasteiger charge is -2.33. The SMILES string of the molecule is CCC(C)COc1nc(N2CC3CCC(C3)C2)c2cnc(-c3cccc4cccc(Cl)c34)c(F)c2n1. The number of anilines is 1. The van der Waals surface area contributed by atoms with Gasteiger partial charge in [0.2, 0.25) is 0 Å². The van der Waals surface area contributed by atoms with E-state index in [0.717, 1.165) is 36.1 Å². The first-order valence-corrected chi connectivity index (χ1v) is 13.3. The number of piperidine rings is 1. The van der Waals surface area contributed by atoms with Crippen LogP contribution in [0.15, 0.2) is 42.6 Å². The van der Waals surface area contributed by atoms with Crippen molar-refractivity contribution < 1.29 is 9.13 Å². The molecule has 0 spiro atoms. The van der Waals surface area contributed by atoms with E-state index in [-0.39, 0.29) is 17.2 Å². The van der Waals surface area contributed by atoms with Crippen molar-refractivity contribution >= 4 is 39.1 Å². The topological polar surface area (TPSA) is 51.1 Å². The van der Waals surface area contributed by atoms with Crippen molar-refractivity contribution in [2.24, 2.45) is 17.8 Å². The van der Waals surface area contributed by atoms with Gasteiger partial charge in [-0.25, -0.2) is 4.39 Å². The molecule has 7 heteroatoms. The molecule has 1 saturated carbocycles. The zero-order valence-corrected chi connectivity index (χ0v) is 21.4. The van der Waals surface area contributed by atoms with E-state index in [1.165, 1.54) is 19.3 Å². The summed E-state index contributed by atoms with van der Waals surface area (Å²) in [4.78, 5) is 16.3. The van der Waals surface area contributed by atoms with Gasteiger partial charge < -0.3 is 9.64 Å². The van der Waals surface area contributed by atoms with Gasteiger partial charge in [-0.2, -0.15) is 9.97 Å². The van der Waals surface area contributed by atoms with E-state index < -0.39 is 5.82 Å². The number of ether oxygens (including phenoxy) is 1. The van der Waals surface area contributed by atoms with Gasteiger partial charge in [-0.1, -0.05) is 62.2 Å². The quantitative estimate of drug-likeness (QED) is 0.276. The maximum Gasteiger partial charge on any atom is 0.319 e. The Morgan fingerprint density at radius 3 is 2.61 bits per heavy atom. The molecule has 1 aliphatic heterocycles. The summed E-state index contributed by atoms with van der Waals surface area (Å²) in [6.45, 7) is 6.59. The second kappa shape index (κ2) is 9.47. The summed E-state index contributed by atoms with van der Waals surface area (Å²) in [5.41, 5.74) is 1.12. The second-order valence-electron chi connectivity index (χ2n) is 10.4. The van der Waals surface area contributed by atoms with Crippen LogP contribution in [0.5, 0.6) is 6.01 Å². The maximum atomic E-state index is 16.3. The van der Waals surface area contributed by atoms with Gasteiger partial charge in [0.1, 0.15) is 17.0 Å². The van der Waals surface area contributed by atoms with E-state index in [9.17, 15) is 0 Å². The van der Waals surface area contributed by atoms with Crippen molar-refractivity contribution in [1.82, 2.24) is 15.0 Å². The van der Waals surface area contributed by atoms with E-state index in [4.69, 9.17) is 21.3 Å². The Bertz CT molecular complexity index is 1430. The molecular formula is C29H30ClFN4O. The van der Waals surface area contributed by atoms with E-state index in [2.05, 4.69) is 28.7 Å². The van der Waals surface area contributed by atoms with Gasteiger partial charge in [-0.3, -0.25) is 4.98 Å².